The molecule has 1 aromatic heterocycles. The second-order valence-corrected chi connectivity index (χ2v) is 13.8. The summed E-state index contributed by atoms with van der Waals surface area (Å²) in [4.78, 5) is 2.35. The zero-order valence-electron chi connectivity index (χ0n) is 29.6. The molecule has 0 saturated heterocycles. The molecule has 0 N–H and O–H groups in total. The van der Waals surface area contributed by atoms with Gasteiger partial charge in [0.15, 0.2) is 0 Å². The maximum absolute atomic E-state index is 6.42. The largest absolute Gasteiger partial charge is 0.455 e. The highest BCUT2D eigenvalue weighted by Crippen LogP contribution is 2.40. The van der Waals surface area contributed by atoms with Crippen molar-refractivity contribution in [2.24, 2.45) is 0 Å². The van der Waals surface area contributed by atoms with Crippen molar-refractivity contribution >= 4 is 49.8 Å². The molecule has 0 saturated carbocycles. The lowest BCUT2D eigenvalue weighted by atomic mass is 9.97. The molecule has 0 radical (unpaired) electrons. The van der Waals surface area contributed by atoms with Crippen molar-refractivity contribution in [3.8, 4) is 44.5 Å². The molecule has 1 heterocycles. The quantitative estimate of drug-likeness (QED) is 0.166. The van der Waals surface area contributed by atoms with Crippen molar-refractivity contribution in [2.45, 2.75) is 0 Å². The Balaban J connectivity index is 1.04. The Morgan fingerprint density at radius 2 is 0.833 bits per heavy atom. The first-order valence-corrected chi connectivity index (χ1v) is 18.4. The third-order valence-corrected chi connectivity index (χ3v) is 10.5. The molecule has 0 aliphatic heterocycles. The minimum Gasteiger partial charge on any atom is -0.455 e. The number of fused-ring (bicyclic) bond motifs is 4. The summed E-state index contributed by atoms with van der Waals surface area (Å²) in [5.41, 5.74) is 14.4. The van der Waals surface area contributed by atoms with Crippen LogP contribution in [0.3, 0.4) is 0 Å². The first-order valence-electron chi connectivity index (χ1n) is 18.4. The van der Waals surface area contributed by atoms with Gasteiger partial charge < -0.3 is 9.32 Å². The molecule has 0 aliphatic rings. The SMILES string of the molecule is c1ccc(-c2ccc(N(c3ccc(-c4ccc5ccccc5c4)cc3)c3cccc(-c4cccc(-c5cccc6c5oc5ccccc56)c4)c3)cc2)cc1. The Morgan fingerprint density at radius 3 is 1.63 bits per heavy atom. The fraction of sp³-hybridized carbons (Fsp3) is 0. The summed E-state index contributed by atoms with van der Waals surface area (Å²) in [7, 11) is 0. The molecule has 254 valence electrons. The number of rotatable bonds is 7. The average Bonchev–Trinajstić information content (AvgIpc) is 3.64. The van der Waals surface area contributed by atoms with Gasteiger partial charge in [-0.05, 0) is 104 Å². The summed E-state index contributed by atoms with van der Waals surface area (Å²) < 4.78 is 6.42. The Bertz CT molecular complexity index is 2920. The van der Waals surface area contributed by atoms with Gasteiger partial charge in [0.25, 0.3) is 0 Å². The van der Waals surface area contributed by atoms with E-state index in [0.717, 1.165) is 61.3 Å². The van der Waals surface area contributed by atoms with E-state index in [1.54, 1.807) is 0 Å². The van der Waals surface area contributed by atoms with Crippen LogP contribution in [0.25, 0.3) is 77.2 Å². The molecular formula is C52H35NO. The molecule has 0 unspecified atom stereocenters. The van der Waals surface area contributed by atoms with Crippen LogP contribution in [-0.2, 0) is 0 Å². The highest BCUT2D eigenvalue weighted by atomic mass is 16.3. The van der Waals surface area contributed by atoms with Crippen LogP contribution in [0.15, 0.2) is 217 Å². The topological polar surface area (TPSA) is 16.4 Å². The lowest BCUT2D eigenvalue weighted by molar-refractivity contribution is 0.670. The first kappa shape index (κ1) is 31.6. The van der Waals surface area contributed by atoms with E-state index in [9.17, 15) is 0 Å². The summed E-state index contributed by atoms with van der Waals surface area (Å²) in [6.45, 7) is 0. The Hall–Kier alpha value is -7.16. The van der Waals surface area contributed by atoms with Crippen molar-refractivity contribution in [2.75, 3.05) is 4.90 Å². The van der Waals surface area contributed by atoms with Gasteiger partial charge in [0.2, 0.25) is 0 Å². The average molecular weight is 690 g/mol. The van der Waals surface area contributed by atoms with E-state index < -0.39 is 0 Å². The van der Waals surface area contributed by atoms with Gasteiger partial charge in [-0.15, -0.1) is 0 Å². The minimum atomic E-state index is 0.908. The van der Waals surface area contributed by atoms with Crippen molar-refractivity contribution < 1.29 is 4.42 Å². The van der Waals surface area contributed by atoms with Crippen LogP contribution >= 0.6 is 0 Å². The van der Waals surface area contributed by atoms with Crippen LogP contribution in [0.2, 0.25) is 0 Å². The van der Waals surface area contributed by atoms with E-state index in [2.05, 4.69) is 205 Å². The van der Waals surface area contributed by atoms with Crippen molar-refractivity contribution in [1.29, 1.82) is 0 Å². The van der Waals surface area contributed by atoms with Gasteiger partial charge in [0.05, 0.1) is 0 Å². The lowest BCUT2D eigenvalue weighted by Crippen LogP contribution is -2.10. The monoisotopic (exact) mass is 689 g/mol. The van der Waals surface area contributed by atoms with E-state index in [0.29, 0.717) is 0 Å². The third kappa shape index (κ3) is 5.81. The summed E-state index contributed by atoms with van der Waals surface area (Å²) in [5.74, 6) is 0. The number of para-hydroxylation sites is 2. The molecule has 2 heteroatoms. The van der Waals surface area contributed by atoms with E-state index in [-0.39, 0.29) is 0 Å². The number of benzene rings is 9. The summed E-state index contributed by atoms with van der Waals surface area (Å²) >= 11 is 0. The number of hydrogen-bond acceptors (Lipinski definition) is 2. The number of hydrogen-bond donors (Lipinski definition) is 0. The lowest BCUT2D eigenvalue weighted by Gasteiger charge is -2.26. The van der Waals surface area contributed by atoms with Crippen LogP contribution in [0, 0.1) is 0 Å². The number of furan rings is 1. The zero-order chi connectivity index (χ0) is 35.8. The van der Waals surface area contributed by atoms with E-state index in [4.69, 9.17) is 4.42 Å². The maximum Gasteiger partial charge on any atom is 0.143 e. The first-order chi connectivity index (χ1) is 26.7. The van der Waals surface area contributed by atoms with Gasteiger partial charge >= 0.3 is 0 Å². The third-order valence-electron chi connectivity index (χ3n) is 10.5. The molecule has 0 amide bonds. The number of anilines is 3. The van der Waals surface area contributed by atoms with Crippen LogP contribution in [0.1, 0.15) is 0 Å². The second-order valence-electron chi connectivity index (χ2n) is 13.8. The summed E-state index contributed by atoms with van der Waals surface area (Å²) in [6, 6.07) is 75.9. The minimum absolute atomic E-state index is 0.908. The maximum atomic E-state index is 6.42. The van der Waals surface area contributed by atoms with Gasteiger partial charge in [0, 0.05) is 33.4 Å². The Labute approximate surface area is 314 Å². The van der Waals surface area contributed by atoms with Gasteiger partial charge in [-0.1, -0.05) is 158 Å². The number of nitrogens with zero attached hydrogens (tertiary/aromatic N) is 1. The van der Waals surface area contributed by atoms with Gasteiger partial charge in [-0.2, -0.15) is 0 Å². The highest BCUT2D eigenvalue weighted by molar-refractivity contribution is 6.09. The van der Waals surface area contributed by atoms with Crippen LogP contribution in [0.4, 0.5) is 17.1 Å². The molecule has 0 fully saturated rings. The summed E-state index contributed by atoms with van der Waals surface area (Å²) in [6.07, 6.45) is 0. The Morgan fingerprint density at radius 1 is 0.296 bits per heavy atom. The van der Waals surface area contributed by atoms with Crippen LogP contribution in [0.5, 0.6) is 0 Å². The Kier molecular flexibility index (Phi) is 7.85. The molecular weight excluding hydrogens is 655 g/mol. The molecule has 9 aromatic carbocycles. The molecule has 10 aromatic rings. The molecule has 0 aliphatic carbocycles. The smallest absolute Gasteiger partial charge is 0.143 e. The molecule has 0 atom stereocenters. The molecule has 2 nitrogen and oxygen atoms in total. The van der Waals surface area contributed by atoms with Gasteiger partial charge in [-0.3, -0.25) is 0 Å². The van der Waals surface area contributed by atoms with Crippen LogP contribution in [-0.4, -0.2) is 0 Å². The van der Waals surface area contributed by atoms with E-state index in [1.807, 2.05) is 12.1 Å². The summed E-state index contributed by atoms with van der Waals surface area (Å²) in [5, 5.41) is 4.77. The second kappa shape index (κ2) is 13.4. The van der Waals surface area contributed by atoms with E-state index >= 15 is 0 Å². The molecule has 0 bridgehead atoms. The van der Waals surface area contributed by atoms with Crippen molar-refractivity contribution in [3.63, 3.8) is 0 Å². The van der Waals surface area contributed by atoms with Crippen LogP contribution < -0.4 is 4.90 Å². The van der Waals surface area contributed by atoms with Gasteiger partial charge in [-0.25, -0.2) is 0 Å². The molecule has 0 spiro atoms. The van der Waals surface area contributed by atoms with Crippen molar-refractivity contribution in [3.05, 3.63) is 212 Å². The van der Waals surface area contributed by atoms with E-state index in [1.165, 1.54) is 33.0 Å². The predicted molar refractivity (Wildman–Crippen MR) is 228 cm³/mol. The molecule has 10 rings (SSSR count). The zero-order valence-corrected chi connectivity index (χ0v) is 29.6. The molecule has 54 heavy (non-hydrogen) atoms. The predicted octanol–water partition coefficient (Wildman–Crippen LogP) is 14.9. The highest BCUT2D eigenvalue weighted by Gasteiger charge is 2.16. The standard InChI is InChI=1S/C52H35NO/c1-2-11-36(12-3-1)38-25-29-45(30-26-38)53(46-31-27-39(28-32-46)43-24-23-37-13-4-5-14-40(37)33-43)47-18-9-16-42(35-47)41-15-8-17-44(34-41)48-20-10-21-50-49-19-6-7-22-51(49)54-52(48)50/h1-35H. The van der Waals surface area contributed by atoms with Gasteiger partial charge in [0.1, 0.15) is 11.2 Å². The fourth-order valence-electron chi connectivity index (χ4n) is 7.72. The fourth-order valence-corrected chi connectivity index (χ4v) is 7.72. The van der Waals surface area contributed by atoms with Crippen molar-refractivity contribution in [1.82, 2.24) is 0 Å². The normalized spacial score (nSPS) is 11.3.